The van der Waals surface area contributed by atoms with Gasteiger partial charge >= 0.3 is 12.6 Å². The first-order valence-electron chi connectivity index (χ1n) is 10.3. The minimum Gasteiger partial charge on any atom is -0.455 e. The SMILES string of the molecule is O=C(COC(=O)C1CCN(S(=O)(=O)c2ccccc2)CC1)NC(=O)c1ccc(OC(F)F)cc1. The van der Waals surface area contributed by atoms with Crippen LogP contribution in [0.2, 0.25) is 0 Å². The Labute approximate surface area is 194 Å². The number of nitrogens with zero attached hydrogens (tertiary/aromatic N) is 1. The Kier molecular flexibility index (Phi) is 8.29. The lowest BCUT2D eigenvalue weighted by Gasteiger charge is -2.30. The number of benzene rings is 2. The van der Waals surface area contributed by atoms with Crippen LogP contribution in [0.4, 0.5) is 8.78 Å². The van der Waals surface area contributed by atoms with E-state index in [0.717, 1.165) is 12.1 Å². The van der Waals surface area contributed by atoms with E-state index in [0.29, 0.717) is 0 Å². The first kappa shape index (κ1) is 25.2. The highest BCUT2D eigenvalue weighted by Crippen LogP contribution is 2.24. The molecule has 0 radical (unpaired) electrons. The fourth-order valence-electron chi connectivity index (χ4n) is 3.35. The molecule has 34 heavy (non-hydrogen) atoms. The van der Waals surface area contributed by atoms with Gasteiger partial charge in [-0.1, -0.05) is 18.2 Å². The Morgan fingerprint density at radius 1 is 1.00 bits per heavy atom. The van der Waals surface area contributed by atoms with Crippen molar-refractivity contribution in [1.82, 2.24) is 9.62 Å². The standard InChI is InChI=1S/C22H22F2N2O7S/c23-22(24)33-17-8-6-15(7-9-17)20(28)25-19(27)14-32-21(29)16-10-12-26(13-11-16)34(30,31)18-4-2-1-3-5-18/h1-9,16,22H,10-14H2,(H,25,27,28). The van der Waals surface area contributed by atoms with Crippen LogP contribution in [-0.4, -0.2) is 56.8 Å². The molecule has 182 valence electrons. The number of rotatable bonds is 8. The Morgan fingerprint density at radius 3 is 2.21 bits per heavy atom. The molecule has 1 N–H and O–H groups in total. The number of amides is 2. The summed E-state index contributed by atoms with van der Waals surface area (Å²) in [5, 5.41) is 2.03. The summed E-state index contributed by atoms with van der Waals surface area (Å²) in [6.45, 7) is -3.43. The molecule has 1 aliphatic rings. The first-order valence-corrected chi connectivity index (χ1v) is 11.7. The van der Waals surface area contributed by atoms with Gasteiger partial charge in [0, 0.05) is 18.7 Å². The molecular formula is C22H22F2N2O7S. The quantitative estimate of drug-likeness (QED) is 0.557. The van der Waals surface area contributed by atoms with Crippen molar-refractivity contribution in [3.63, 3.8) is 0 Å². The van der Waals surface area contributed by atoms with Gasteiger partial charge in [-0.2, -0.15) is 13.1 Å². The number of imide groups is 1. The van der Waals surface area contributed by atoms with Crippen molar-refractivity contribution < 1.29 is 41.1 Å². The smallest absolute Gasteiger partial charge is 0.387 e. The van der Waals surface area contributed by atoms with Crippen LogP contribution in [0.1, 0.15) is 23.2 Å². The summed E-state index contributed by atoms with van der Waals surface area (Å²) in [6, 6.07) is 12.7. The summed E-state index contributed by atoms with van der Waals surface area (Å²) in [4.78, 5) is 36.5. The second-order valence-electron chi connectivity index (χ2n) is 7.38. The molecule has 9 nitrogen and oxygen atoms in total. The molecule has 0 bridgehead atoms. The van der Waals surface area contributed by atoms with Gasteiger partial charge in [0.1, 0.15) is 5.75 Å². The van der Waals surface area contributed by atoms with Crippen LogP contribution >= 0.6 is 0 Å². The fraction of sp³-hybridized carbons (Fsp3) is 0.318. The van der Waals surface area contributed by atoms with E-state index in [1.54, 1.807) is 18.2 Å². The van der Waals surface area contributed by atoms with E-state index in [1.165, 1.54) is 28.6 Å². The van der Waals surface area contributed by atoms with Crippen molar-refractivity contribution in [3.05, 3.63) is 60.2 Å². The zero-order valence-electron chi connectivity index (χ0n) is 17.9. The molecule has 2 aromatic carbocycles. The number of halogens is 2. The van der Waals surface area contributed by atoms with E-state index in [1.807, 2.05) is 5.32 Å². The van der Waals surface area contributed by atoms with Crippen molar-refractivity contribution in [2.45, 2.75) is 24.3 Å². The number of hydrogen-bond donors (Lipinski definition) is 1. The van der Waals surface area contributed by atoms with E-state index in [2.05, 4.69) is 4.74 Å². The Bertz CT molecular complexity index is 1120. The van der Waals surface area contributed by atoms with Gasteiger partial charge < -0.3 is 9.47 Å². The maximum absolute atomic E-state index is 12.6. The molecule has 1 heterocycles. The van der Waals surface area contributed by atoms with Crippen LogP contribution in [0.15, 0.2) is 59.5 Å². The van der Waals surface area contributed by atoms with Gasteiger partial charge in [0.25, 0.3) is 11.8 Å². The number of nitrogens with one attached hydrogen (secondary N) is 1. The number of carbonyl (C=O) groups is 3. The zero-order valence-corrected chi connectivity index (χ0v) is 18.7. The van der Waals surface area contributed by atoms with Crippen LogP contribution < -0.4 is 10.1 Å². The third kappa shape index (κ3) is 6.58. The Morgan fingerprint density at radius 2 is 1.62 bits per heavy atom. The van der Waals surface area contributed by atoms with Crippen molar-refractivity contribution in [3.8, 4) is 5.75 Å². The topological polar surface area (TPSA) is 119 Å². The number of carbonyl (C=O) groups excluding carboxylic acids is 3. The Hall–Kier alpha value is -3.38. The first-order chi connectivity index (χ1) is 16.2. The zero-order chi connectivity index (χ0) is 24.7. The van der Waals surface area contributed by atoms with Crippen LogP contribution in [0.25, 0.3) is 0 Å². The minimum absolute atomic E-state index is 0.0216. The van der Waals surface area contributed by atoms with Gasteiger partial charge in [-0.15, -0.1) is 0 Å². The molecule has 12 heteroatoms. The lowest BCUT2D eigenvalue weighted by molar-refractivity contribution is -0.153. The molecule has 1 aliphatic heterocycles. The minimum atomic E-state index is -3.65. The third-order valence-electron chi connectivity index (χ3n) is 5.11. The van der Waals surface area contributed by atoms with E-state index in [4.69, 9.17) is 4.74 Å². The molecule has 2 amide bonds. The molecule has 3 rings (SSSR count). The molecule has 0 aliphatic carbocycles. The summed E-state index contributed by atoms with van der Waals surface area (Å²) in [6.07, 6.45) is 0.469. The van der Waals surface area contributed by atoms with Gasteiger partial charge in [-0.05, 0) is 49.2 Å². The average molecular weight is 496 g/mol. The highest BCUT2D eigenvalue weighted by Gasteiger charge is 2.33. The van der Waals surface area contributed by atoms with E-state index < -0.39 is 46.9 Å². The molecule has 0 unspecified atom stereocenters. The molecule has 1 fully saturated rings. The van der Waals surface area contributed by atoms with Crippen molar-refractivity contribution in [2.24, 2.45) is 5.92 Å². The summed E-state index contributed by atoms with van der Waals surface area (Å²) in [5.74, 6) is -3.05. The highest BCUT2D eigenvalue weighted by molar-refractivity contribution is 7.89. The molecule has 0 aromatic heterocycles. The summed E-state index contributed by atoms with van der Waals surface area (Å²) >= 11 is 0. The normalized spacial score (nSPS) is 15.0. The van der Waals surface area contributed by atoms with Crippen molar-refractivity contribution in [2.75, 3.05) is 19.7 Å². The second-order valence-corrected chi connectivity index (χ2v) is 9.32. The number of hydrogen-bond acceptors (Lipinski definition) is 7. The van der Waals surface area contributed by atoms with E-state index >= 15 is 0 Å². The summed E-state index contributed by atoms with van der Waals surface area (Å²) in [7, 11) is -3.65. The highest BCUT2D eigenvalue weighted by atomic mass is 32.2. The molecular weight excluding hydrogens is 474 g/mol. The van der Waals surface area contributed by atoms with E-state index in [-0.39, 0.29) is 42.1 Å². The van der Waals surface area contributed by atoms with Crippen molar-refractivity contribution >= 4 is 27.8 Å². The second kappa shape index (κ2) is 11.2. The fourth-order valence-corrected chi connectivity index (χ4v) is 4.84. The van der Waals surface area contributed by atoms with Gasteiger partial charge in [0.15, 0.2) is 6.61 Å². The largest absolute Gasteiger partial charge is 0.455 e. The van der Waals surface area contributed by atoms with Crippen LogP contribution in [-0.2, 0) is 24.3 Å². The van der Waals surface area contributed by atoms with Crippen molar-refractivity contribution in [1.29, 1.82) is 0 Å². The number of alkyl halides is 2. The van der Waals surface area contributed by atoms with Gasteiger partial charge in [0.05, 0.1) is 10.8 Å². The average Bonchev–Trinajstić information content (AvgIpc) is 2.83. The Balaban J connectivity index is 1.43. The summed E-state index contributed by atoms with van der Waals surface area (Å²) in [5.41, 5.74) is 0.0216. The maximum Gasteiger partial charge on any atom is 0.387 e. The van der Waals surface area contributed by atoms with Crippen LogP contribution in [0.5, 0.6) is 5.75 Å². The number of ether oxygens (including phenoxy) is 2. The predicted octanol–water partition coefficient (Wildman–Crippen LogP) is 2.19. The van der Waals surface area contributed by atoms with E-state index in [9.17, 15) is 31.6 Å². The van der Waals surface area contributed by atoms with Gasteiger partial charge in [-0.25, -0.2) is 8.42 Å². The van der Waals surface area contributed by atoms with Crippen LogP contribution in [0, 0.1) is 5.92 Å². The van der Waals surface area contributed by atoms with Crippen LogP contribution in [0.3, 0.4) is 0 Å². The third-order valence-corrected chi connectivity index (χ3v) is 7.02. The molecule has 0 saturated carbocycles. The number of piperidine rings is 1. The molecule has 0 atom stereocenters. The maximum atomic E-state index is 12.6. The lowest BCUT2D eigenvalue weighted by atomic mass is 9.98. The number of sulfonamides is 1. The molecule has 2 aromatic rings. The summed E-state index contributed by atoms with van der Waals surface area (Å²) < 4.78 is 60.1. The number of esters is 1. The predicted molar refractivity (Wildman–Crippen MR) is 114 cm³/mol. The monoisotopic (exact) mass is 496 g/mol. The van der Waals surface area contributed by atoms with Gasteiger partial charge in [0.2, 0.25) is 10.0 Å². The van der Waals surface area contributed by atoms with Gasteiger partial charge in [-0.3, -0.25) is 19.7 Å². The molecule has 0 spiro atoms. The lowest BCUT2D eigenvalue weighted by Crippen LogP contribution is -2.41. The molecule has 1 saturated heterocycles.